The Labute approximate surface area is 127 Å². The first-order valence-corrected chi connectivity index (χ1v) is 6.50. The number of amidine groups is 1. The maximum absolute atomic E-state index is 13.0. The topological polar surface area (TPSA) is 78.9 Å². The second-order valence-electron chi connectivity index (χ2n) is 4.30. The summed E-state index contributed by atoms with van der Waals surface area (Å²) in [6.07, 6.45) is -4.67. The first-order chi connectivity index (χ1) is 9.59. The van der Waals surface area contributed by atoms with Gasteiger partial charge in [-0.25, -0.2) is 0 Å². The number of amides is 1. The highest BCUT2D eigenvalue weighted by Crippen LogP contribution is 2.34. The van der Waals surface area contributed by atoms with Crippen LogP contribution in [0.3, 0.4) is 0 Å². The van der Waals surface area contributed by atoms with Crippen molar-refractivity contribution in [2.75, 3.05) is 7.05 Å². The number of hydrogen-bond donors (Lipinski definition) is 2. The lowest BCUT2D eigenvalue weighted by Gasteiger charge is -2.25. The Morgan fingerprint density at radius 3 is 2.52 bits per heavy atom. The van der Waals surface area contributed by atoms with Crippen LogP contribution < -0.4 is 5.73 Å². The van der Waals surface area contributed by atoms with Gasteiger partial charge in [0.05, 0.1) is 17.2 Å². The molecule has 21 heavy (non-hydrogen) atoms. The van der Waals surface area contributed by atoms with Gasteiger partial charge in [-0.2, -0.15) is 13.2 Å². The molecule has 0 radical (unpaired) electrons. The highest BCUT2D eigenvalue weighted by molar-refractivity contribution is 9.10. The van der Waals surface area contributed by atoms with Gasteiger partial charge >= 0.3 is 6.18 Å². The van der Waals surface area contributed by atoms with E-state index in [2.05, 4.69) is 21.1 Å². The van der Waals surface area contributed by atoms with Gasteiger partial charge in [0.15, 0.2) is 5.84 Å². The zero-order valence-corrected chi connectivity index (χ0v) is 12.7. The first kappa shape index (κ1) is 17.3. The van der Waals surface area contributed by atoms with E-state index in [0.29, 0.717) is 0 Å². The minimum Gasteiger partial charge on any atom is -0.409 e. The quantitative estimate of drug-likeness (QED) is 0.373. The molecule has 5 nitrogen and oxygen atoms in total. The summed E-state index contributed by atoms with van der Waals surface area (Å²) < 4.78 is 39.2. The summed E-state index contributed by atoms with van der Waals surface area (Å²) in [4.78, 5) is 13.2. The predicted molar refractivity (Wildman–Crippen MR) is 74.1 cm³/mol. The number of oxime groups is 1. The molecule has 1 rings (SSSR count). The van der Waals surface area contributed by atoms with Crippen LogP contribution in [0.4, 0.5) is 13.2 Å². The predicted octanol–water partition coefficient (Wildman–Crippen LogP) is 2.67. The van der Waals surface area contributed by atoms with Gasteiger partial charge in [-0.05, 0) is 25.1 Å². The maximum atomic E-state index is 13.0. The molecule has 0 saturated carbocycles. The van der Waals surface area contributed by atoms with Crippen molar-refractivity contribution in [1.29, 1.82) is 0 Å². The Hall–Kier alpha value is -1.77. The largest absolute Gasteiger partial charge is 0.417 e. The van der Waals surface area contributed by atoms with Gasteiger partial charge in [0, 0.05) is 11.5 Å². The Balaban J connectivity index is 3.25. The fourth-order valence-electron chi connectivity index (χ4n) is 1.59. The number of hydrogen-bond acceptors (Lipinski definition) is 3. The molecular weight excluding hydrogens is 355 g/mol. The average Bonchev–Trinajstić information content (AvgIpc) is 2.43. The smallest absolute Gasteiger partial charge is 0.409 e. The van der Waals surface area contributed by atoms with Crippen LogP contribution in [0.15, 0.2) is 27.8 Å². The molecule has 0 aliphatic rings. The van der Waals surface area contributed by atoms with Crippen molar-refractivity contribution in [3.8, 4) is 0 Å². The Morgan fingerprint density at radius 1 is 1.48 bits per heavy atom. The van der Waals surface area contributed by atoms with E-state index in [4.69, 9.17) is 10.9 Å². The lowest BCUT2D eigenvalue weighted by atomic mass is 10.1. The number of rotatable bonds is 3. The highest BCUT2D eigenvalue weighted by Gasteiger charge is 2.36. The van der Waals surface area contributed by atoms with Crippen molar-refractivity contribution in [2.24, 2.45) is 10.9 Å². The summed E-state index contributed by atoms with van der Waals surface area (Å²) >= 11 is 2.94. The molecule has 116 valence electrons. The molecular formula is C12H13BrF3N3O2. The standard InChI is InChI=1S/C12H13BrF3N3O2/c1-6(10(17)18-21)19(2)11(20)8-4-3-7(13)5-9(8)12(14,15)16/h3-6,21H,1-2H3,(H2,17,18). The molecule has 0 heterocycles. The van der Waals surface area contributed by atoms with Crippen LogP contribution in [-0.4, -0.2) is 34.9 Å². The number of alkyl halides is 3. The zero-order chi connectivity index (χ0) is 16.4. The van der Waals surface area contributed by atoms with Crippen LogP contribution in [-0.2, 0) is 6.18 Å². The van der Waals surface area contributed by atoms with Gasteiger partial charge in [0.1, 0.15) is 0 Å². The number of likely N-dealkylation sites (N-methyl/N-ethyl adjacent to an activating group) is 1. The van der Waals surface area contributed by atoms with Crippen LogP contribution in [0.1, 0.15) is 22.8 Å². The van der Waals surface area contributed by atoms with Crippen molar-refractivity contribution >= 4 is 27.7 Å². The number of benzene rings is 1. The van der Waals surface area contributed by atoms with Gasteiger partial charge in [-0.3, -0.25) is 4.79 Å². The van der Waals surface area contributed by atoms with Gasteiger partial charge in [0.2, 0.25) is 0 Å². The number of halogens is 4. The van der Waals surface area contributed by atoms with Gasteiger partial charge in [-0.1, -0.05) is 21.1 Å². The molecule has 3 N–H and O–H groups in total. The molecule has 0 aliphatic carbocycles. The third kappa shape index (κ3) is 3.87. The average molecular weight is 368 g/mol. The van der Waals surface area contributed by atoms with E-state index in [1.54, 1.807) is 0 Å². The molecule has 0 saturated heterocycles. The SMILES string of the molecule is CC(/C(N)=N/O)N(C)C(=O)c1ccc(Br)cc1C(F)(F)F. The first-order valence-electron chi connectivity index (χ1n) is 5.71. The number of carbonyl (C=O) groups is 1. The molecule has 9 heteroatoms. The number of nitrogens with two attached hydrogens (primary N) is 1. The van der Waals surface area contributed by atoms with E-state index in [1.807, 2.05) is 0 Å². The van der Waals surface area contributed by atoms with E-state index in [1.165, 1.54) is 20.0 Å². The van der Waals surface area contributed by atoms with Crippen LogP contribution in [0.5, 0.6) is 0 Å². The Kier molecular flexibility index (Phi) is 5.21. The van der Waals surface area contributed by atoms with E-state index >= 15 is 0 Å². The van der Waals surface area contributed by atoms with Gasteiger partial charge in [-0.15, -0.1) is 0 Å². The number of carbonyl (C=O) groups excluding carboxylic acids is 1. The summed E-state index contributed by atoms with van der Waals surface area (Å²) in [6.45, 7) is 1.43. The molecule has 0 bridgehead atoms. The minimum atomic E-state index is -4.67. The second kappa shape index (κ2) is 6.33. The number of nitrogens with zero attached hydrogens (tertiary/aromatic N) is 2. The van der Waals surface area contributed by atoms with Crippen molar-refractivity contribution in [1.82, 2.24) is 4.90 Å². The molecule has 0 fully saturated rings. The monoisotopic (exact) mass is 367 g/mol. The lowest BCUT2D eigenvalue weighted by molar-refractivity contribution is -0.138. The van der Waals surface area contributed by atoms with Crippen LogP contribution >= 0.6 is 15.9 Å². The third-order valence-electron chi connectivity index (χ3n) is 2.96. The summed E-state index contributed by atoms with van der Waals surface area (Å²) in [5.41, 5.74) is 3.79. The maximum Gasteiger partial charge on any atom is 0.417 e. The van der Waals surface area contributed by atoms with E-state index in [9.17, 15) is 18.0 Å². The molecule has 0 spiro atoms. The third-order valence-corrected chi connectivity index (χ3v) is 3.46. The van der Waals surface area contributed by atoms with Gasteiger partial charge < -0.3 is 15.8 Å². The normalized spacial score (nSPS) is 13.9. The molecule has 1 aromatic carbocycles. The van der Waals surface area contributed by atoms with Crippen molar-refractivity contribution in [2.45, 2.75) is 19.1 Å². The van der Waals surface area contributed by atoms with Crippen molar-refractivity contribution in [3.05, 3.63) is 33.8 Å². The van der Waals surface area contributed by atoms with Crippen molar-refractivity contribution < 1.29 is 23.2 Å². The van der Waals surface area contributed by atoms with E-state index in [-0.39, 0.29) is 10.3 Å². The van der Waals surface area contributed by atoms with Crippen LogP contribution in [0, 0.1) is 0 Å². The molecule has 1 aromatic rings. The minimum absolute atomic E-state index is 0.207. The zero-order valence-electron chi connectivity index (χ0n) is 11.1. The second-order valence-corrected chi connectivity index (χ2v) is 5.22. The van der Waals surface area contributed by atoms with E-state index < -0.39 is 29.3 Å². The summed E-state index contributed by atoms with van der Waals surface area (Å²) in [7, 11) is 1.27. The molecule has 1 atom stereocenters. The van der Waals surface area contributed by atoms with Crippen LogP contribution in [0.25, 0.3) is 0 Å². The lowest BCUT2D eigenvalue weighted by Crippen LogP contribution is -2.44. The summed E-state index contributed by atoms with van der Waals surface area (Å²) in [5.74, 6) is -1.16. The molecule has 1 amide bonds. The Bertz CT molecular complexity index is 575. The fourth-order valence-corrected chi connectivity index (χ4v) is 1.95. The van der Waals surface area contributed by atoms with Crippen molar-refractivity contribution in [3.63, 3.8) is 0 Å². The molecule has 0 aliphatic heterocycles. The highest BCUT2D eigenvalue weighted by atomic mass is 79.9. The summed E-state index contributed by atoms with van der Waals surface area (Å²) in [5, 5.41) is 11.3. The van der Waals surface area contributed by atoms with Crippen LogP contribution in [0.2, 0.25) is 0 Å². The van der Waals surface area contributed by atoms with Gasteiger partial charge in [0.25, 0.3) is 5.91 Å². The summed E-state index contributed by atoms with van der Waals surface area (Å²) in [6, 6.07) is 2.39. The fraction of sp³-hybridized carbons (Fsp3) is 0.333. The molecule has 1 unspecified atom stereocenters. The van der Waals surface area contributed by atoms with E-state index in [0.717, 1.165) is 17.0 Å². The Morgan fingerprint density at radius 2 is 2.05 bits per heavy atom. The molecule has 0 aromatic heterocycles.